The maximum Gasteiger partial charge on any atom is 0.345 e. The second kappa shape index (κ2) is 10.3. The number of anilines is 1. The number of carbonyl (C=O) groups is 1. The van der Waals surface area contributed by atoms with Crippen LogP contribution in [0.4, 0.5) is 10.1 Å². The summed E-state index contributed by atoms with van der Waals surface area (Å²) in [5.41, 5.74) is 8.54. The Balaban J connectivity index is 1.66. The van der Waals surface area contributed by atoms with Gasteiger partial charge < -0.3 is 25.8 Å². The monoisotopic (exact) mass is 500 g/mol. The van der Waals surface area contributed by atoms with Gasteiger partial charge in [0.15, 0.2) is 0 Å². The number of nitrogens with two attached hydrogens (primary N) is 1. The molecule has 1 aromatic heterocycles. The molecule has 176 valence electrons. The predicted molar refractivity (Wildman–Crippen MR) is 135 cm³/mol. The number of allylic oxidation sites excluding steroid dienone is 1. The number of carboxylic acid groups (broad SMARTS) is 1. The van der Waals surface area contributed by atoms with Gasteiger partial charge in [-0.3, -0.25) is 0 Å². The number of ether oxygens (including phenoxy) is 1. The van der Waals surface area contributed by atoms with Gasteiger partial charge in [0.25, 0.3) is 0 Å². The van der Waals surface area contributed by atoms with E-state index >= 15 is 0 Å². The van der Waals surface area contributed by atoms with Crippen LogP contribution in [-0.4, -0.2) is 48.5 Å². The van der Waals surface area contributed by atoms with Gasteiger partial charge in [0, 0.05) is 35.3 Å². The average molecular weight is 501 g/mol. The summed E-state index contributed by atoms with van der Waals surface area (Å²) in [6, 6.07) is 11.5. The smallest absolute Gasteiger partial charge is 0.345 e. The zero-order chi connectivity index (χ0) is 24.2. The molecule has 4 rings (SSSR count). The van der Waals surface area contributed by atoms with E-state index in [0.717, 1.165) is 15.6 Å². The van der Waals surface area contributed by atoms with Crippen LogP contribution < -0.4 is 11.1 Å². The molecule has 2 aromatic carbocycles. The molecule has 0 spiro atoms. The zero-order valence-corrected chi connectivity index (χ0v) is 19.6. The Labute approximate surface area is 204 Å². The third kappa shape index (κ3) is 5.39. The van der Waals surface area contributed by atoms with Crippen LogP contribution in [0.25, 0.3) is 15.7 Å². The van der Waals surface area contributed by atoms with Crippen molar-refractivity contribution in [3.8, 4) is 0 Å². The van der Waals surface area contributed by atoms with Gasteiger partial charge in [0.2, 0.25) is 0 Å². The Morgan fingerprint density at radius 2 is 2.03 bits per heavy atom. The Hall–Kier alpha value is -3.40. The fourth-order valence-corrected chi connectivity index (χ4v) is 4.56. The fraction of sp³-hybridized carbons (Fsp3) is 0.167. The number of halogens is 2. The van der Waals surface area contributed by atoms with Crippen molar-refractivity contribution in [3.63, 3.8) is 0 Å². The Morgan fingerprint density at radius 1 is 1.26 bits per heavy atom. The van der Waals surface area contributed by atoms with Gasteiger partial charge in [0.1, 0.15) is 22.3 Å². The first-order valence-corrected chi connectivity index (χ1v) is 11.6. The highest BCUT2D eigenvalue weighted by atomic mass is 35.5. The lowest BCUT2D eigenvalue weighted by atomic mass is 10.0. The molecule has 3 aromatic rings. The maximum atomic E-state index is 13.4. The van der Waals surface area contributed by atoms with Gasteiger partial charge >= 0.3 is 5.97 Å². The van der Waals surface area contributed by atoms with Crippen LogP contribution in [0, 0.1) is 5.82 Å². The van der Waals surface area contributed by atoms with Crippen LogP contribution in [0.15, 0.2) is 65.7 Å². The Kier molecular flexibility index (Phi) is 7.16. The molecule has 0 saturated carbocycles. The Morgan fingerprint density at radius 3 is 2.74 bits per heavy atom. The lowest BCUT2D eigenvalue weighted by molar-refractivity contribution is 0.0534. The van der Waals surface area contributed by atoms with Gasteiger partial charge in [-0.15, -0.1) is 11.3 Å². The predicted octanol–water partition coefficient (Wildman–Crippen LogP) is 5.01. The zero-order valence-electron chi connectivity index (χ0n) is 18.1. The summed E-state index contributed by atoms with van der Waals surface area (Å²) >= 11 is 7.06. The average Bonchev–Trinajstić information content (AvgIpc) is 3.26. The first-order valence-electron chi connectivity index (χ1n) is 10.4. The maximum absolute atomic E-state index is 13.4. The van der Waals surface area contributed by atoms with E-state index in [-0.39, 0.29) is 9.90 Å². The number of hydrogen-bond donors (Lipinski definition) is 3. The lowest BCUT2D eigenvalue weighted by Crippen LogP contribution is -2.39. The second-order valence-electron chi connectivity index (χ2n) is 7.53. The minimum Gasteiger partial charge on any atom is -0.477 e. The molecule has 0 atom stereocenters. The van der Waals surface area contributed by atoms with E-state index in [0.29, 0.717) is 49.2 Å². The van der Waals surface area contributed by atoms with Gasteiger partial charge in [-0.25, -0.2) is 14.2 Å². The van der Waals surface area contributed by atoms with Crippen molar-refractivity contribution in [2.75, 3.05) is 31.6 Å². The quantitative estimate of drug-likeness (QED) is 0.394. The number of aromatic carboxylic acids is 1. The van der Waals surface area contributed by atoms with Crippen LogP contribution in [0.1, 0.15) is 15.2 Å². The molecule has 0 radical (unpaired) electrons. The number of nitrogens with one attached hydrogen (secondary N) is 1. The first-order chi connectivity index (χ1) is 16.3. The third-order valence-electron chi connectivity index (χ3n) is 5.22. The van der Waals surface area contributed by atoms with Crippen LogP contribution in [0.3, 0.4) is 0 Å². The number of thiophene rings is 1. The van der Waals surface area contributed by atoms with Crippen molar-refractivity contribution in [2.45, 2.75) is 0 Å². The summed E-state index contributed by atoms with van der Waals surface area (Å²) in [5, 5.41) is 13.1. The second-order valence-corrected chi connectivity index (χ2v) is 9.02. The van der Waals surface area contributed by atoms with Crippen molar-refractivity contribution < 1.29 is 19.0 Å². The molecule has 4 N–H and O–H groups in total. The summed E-state index contributed by atoms with van der Waals surface area (Å²) in [6.07, 6.45) is 1.61. The molecule has 2 heterocycles. The van der Waals surface area contributed by atoms with Gasteiger partial charge in [-0.2, -0.15) is 0 Å². The molecule has 34 heavy (non-hydrogen) atoms. The molecule has 0 unspecified atom stereocenters. The standard InChI is InChI=1S/C24H22ClFN4O3S/c1-14(29-17-3-4-20(26)19(25)12-17)28-13-18(23(27)30-6-8-33-9-7-30)15-2-5-21-16(10-15)11-22(34-21)24(31)32/h2-5,10-13,29H,1,6-9,27H2,(H,31,32)/b23-18-,28-13-. The molecule has 0 aliphatic carbocycles. The molecule has 7 nitrogen and oxygen atoms in total. The first kappa shape index (κ1) is 23.7. The number of fused-ring (bicyclic) bond motifs is 1. The molecule has 1 saturated heterocycles. The van der Waals surface area contributed by atoms with Crippen LogP contribution in [-0.2, 0) is 4.74 Å². The number of benzene rings is 2. The lowest BCUT2D eigenvalue weighted by Gasteiger charge is -2.30. The topological polar surface area (TPSA) is 100 Å². The van der Waals surface area contributed by atoms with E-state index in [9.17, 15) is 14.3 Å². The summed E-state index contributed by atoms with van der Waals surface area (Å²) in [7, 11) is 0. The van der Waals surface area contributed by atoms with Gasteiger partial charge in [-0.1, -0.05) is 24.2 Å². The van der Waals surface area contributed by atoms with Crippen molar-refractivity contribution >= 4 is 56.5 Å². The van der Waals surface area contributed by atoms with E-state index in [1.807, 2.05) is 23.1 Å². The highest BCUT2D eigenvalue weighted by molar-refractivity contribution is 7.20. The van der Waals surface area contributed by atoms with Crippen molar-refractivity contribution in [1.29, 1.82) is 0 Å². The largest absolute Gasteiger partial charge is 0.477 e. The number of morpholine rings is 1. The van der Waals surface area contributed by atoms with Crippen molar-refractivity contribution in [2.24, 2.45) is 10.7 Å². The minimum atomic E-state index is -0.962. The highest BCUT2D eigenvalue weighted by Crippen LogP contribution is 2.29. The van der Waals surface area contributed by atoms with Crippen molar-refractivity contribution in [1.82, 2.24) is 4.90 Å². The van der Waals surface area contributed by atoms with Crippen molar-refractivity contribution in [3.05, 3.63) is 82.0 Å². The van der Waals surface area contributed by atoms with E-state index < -0.39 is 11.8 Å². The van der Waals surface area contributed by atoms with Gasteiger partial charge in [0.05, 0.1) is 18.2 Å². The highest BCUT2D eigenvalue weighted by Gasteiger charge is 2.17. The number of hydrogen-bond acceptors (Lipinski definition) is 7. The number of carboxylic acids is 1. The molecule has 1 fully saturated rings. The fourth-order valence-electron chi connectivity index (χ4n) is 3.49. The van der Waals surface area contributed by atoms with E-state index in [1.165, 1.54) is 29.5 Å². The SMILES string of the molecule is C=C(/N=C\C(=C(/N)N1CCOCC1)c1ccc2sc(C(=O)O)cc2c1)Nc1ccc(F)c(Cl)c1. The third-order valence-corrected chi connectivity index (χ3v) is 6.62. The number of aliphatic imine (C=N–C) groups is 1. The molecular formula is C24H22ClFN4O3S. The molecule has 1 aliphatic heterocycles. The summed E-state index contributed by atoms with van der Waals surface area (Å²) in [6.45, 7) is 6.32. The van der Waals surface area contributed by atoms with E-state index in [4.69, 9.17) is 22.1 Å². The number of rotatable bonds is 7. The van der Waals surface area contributed by atoms with Crippen LogP contribution >= 0.6 is 22.9 Å². The van der Waals surface area contributed by atoms with Crippen LogP contribution in [0.5, 0.6) is 0 Å². The van der Waals surface area contributed by atoms with E-state index in [2.05, 4.69) is 16.9 Å². The molecule has 10 heteroatoms. The summed E-state index contributed by atoms with van der Waals surface area (Å²) < 4.78 is 19.7. The molecular weight excluding hydrogens is 479 g/mol. The summed E-state index contributed by atoms with van der Waals surface area (Å²) in [5.74, 6) is -0.645. The Bertz CT molecular complexity index is 1310. The normalized spacial score (nSPS) is 14.9. The minimum absolute atomic E-state index is 0.0104. The molecule has 0 amide bonds. The van der Waals surface area contributed by atoms with Gasteiger partial charge in [-0.05, 0) is 47.3 Å². The van der Waals surface area contributed by atoms with Crippen LogP contribution in [0.2, 0.25) is 5.02 Å². The van der Waals surface area contributed by atoms with E-state index in [1.54, 1.807) is 12.3 Å². The molecule has 0 bridgehead atoms. The summed E-state index contributed by atoms with van der Waals surface area (Å²) in [4.78, 5) is 18.1. The molecule has 1 aliphatic rings. The number of nitrogens with zero attached hydrogens (tertiary/aromatic N) is 2.